The van der Waals surface area contributed by atoms with Crippen LogP contribution in [0.15, 0.2) is 0 Å². The van der Waals surface area contributed by atoms with Crippen molar-refractivity contribution in [1.82, 2.24) is 9.80 Å². The molecule has 114 valence electrons. The number of aliphatic carboxylic acids is 1. The summed E-state index contributed by atoms with van der Waals surface area (Å²) >= 11 is 0. The van der Waals surface area contributed by atoms with Crippen molar-refractivity contribution in [3.8, 4) is 0 Å². The monoisotopic (exact) mass is 296 g/mol. The zero-order valence-electron chi connectivity index (χ0n) is 11.0. The molecule has 1 N–H and O–H groups in total. The number of carboxylic acids is 1. The van der Waals surface area contributed by atoms with Crippen molar-refractivity contribution in [2.75, 3.05) is 20.6 Å². The first-order valence-corrected chi connectivity index (χ1v) is 5.87. The number of hydrogen-bond acceptors (Lipinski definition) is 3. The second-order valence-electron chi connectivity index (χ2n) is 4.82. The normalized spacial score (nSPS) is 23.4. The Hall–Kier alpha value is -1.80. The highest BCUT2D eigenvalue weighted by Crippen LogP contribution is 2.28. The van der Waals surface area contributed by atoms with E-state index in [-0.39, 0.29) is 17.7 Å². The molecule has 0 aliphatic carbocycles. The van der Waals surface area contributed by atoms with Crippen molar-refractivity contribution in [3.05, 3.63) is 0 Å². The average Bonchev–Trinajstić information content (AvgIpc) is 2.34. The first-order chi connectivity index (χ1) is 9.05. The maximum atomic E-state index is 12.5. The van der Waals surface area contributed by atoms with Gasteiger partial charge in [0.15, 0.2) is 0 Å². The molecule has 0 aromatic rings. The van der Waals surface area contributed by atoms with E-state index < -0.39 is 42.5 Å². The Bertz CT molecular complexity index is 422. The third-order valence-corrected chi connectivity index (χ3v) is 3.16. The van der Waals surface area contributed by atoms with Gasteiger partial charge in [0, 0.05) is 20.6 Å². The minimum absolute atomic E-state index is 0.135. The molecule has 1 aliphatic rings. The predicted molar refractivity (Wildman–Crippen MR) is 60.6 cm³/mol. The second-order valence-corrected chi connectivity index (χ2v) is 4.82. The molecule has 1 aliphatic heterocycles. The van der Waals surface area contributed by atoms with Crippen molar-refractivity contribution in [2.24, 2.45) is 5.92 Å². The molecule has 0 spiro atoms. The van der Waals surface area contributed by atoms with Gasteiger partial charge in [0.1, 0.15) is 6.04 Å². The van der Waals surface area contributed by atoms with Crippen LogP contribution in [0, 0.1) is 5.92 Å². The van der Waals surface area contributed by atoms with E-state index in [4.69, 9.17) is 5.11 Å². The SMILES string of the molecule is CN(C)C(=O)C1CCC(C(=O)O)N(C(=O)C(F)(F)F)C1. The molecule has 0 aromatic carbocycles. The average molecular weight is 296 g/mol. The lowest BCUT2D eigenvalue weighted by atomic mass is 9.91. The summed E-state index contributed by atoms with van der Waals surface area (Å²) in [5.74, 6) is -4.96. The van der Waals surface area contributed by atoms with Gasteiger partial charge in [-0.05, 0) is 12.8 Å². The number of halogens is 3. The topological polar surface area (TPSA) is 77.9 Å². The molecule has 6 nitrogen and oxygen atoms in total. The number of amides is 2. The van der Waals surface area contributed by atoms with Crippen LogP contribution in [0.3, 0.4) is 0 Å². The number of nitrogens with zero attached hydrogens (tertiary/aromatic N) is 2. The Kier molecular flexibility index (Phi) is 4.61. The number of carboxylic acid groups (broad SMARTS) is 1. The fourth-order valence-electron chi connectivity index (χ4n) is 2.18. The molecule has 0 bridgehead atoms. The van der Waals surface area contributed by atoms with Gasteiger partial charge in [0.2, 0.25) is 5.91 Å². The van der Waals surface area contributed by atoms with E-state index in [9.17, 15) is 27.6 Å². The lowest BCUT2D eigenvalue weighted by molar-refractivity contribution is -0.192. The van der Waals surface area contributed by atoms with Crippen LogP contribution in [0.2, 0.25) is 0 Å². The molecule has 9 heteroatoms. The molecule has 2 atom stereocenters. The molecule has 1 saturated heterocycles. The van der Waals surface area contributed by atoms with E-state index in [2.05, 4.69) is 0 Å². The van der Waals surface area contributed by atoms with Crippen molar-refractivity contribution in [3.63, 3.8) is 0 Å². The minimum Gasteiger partial charge on any atom is -0.480 e. The Morgan fingerprint density at radius 3 is 2.15 bits per heavy atom. The van der Waals surface area contributed by atoms with E-state index in [0.29, 0.717) is 0 Å². The summed E-state index contributed by atoms with van der Waals surface area (Å²) in [5.41, 5.74) is 0. The summed E-state index contributed by atoms with van der Waals surface area (Å²) in [6, 6.07) is -1.55. The standard InChI is InChI=1S/C11H15F3N2O4/c1-15(2)8(17)6-3-4-7(9(18)19)16(5-6)10(20)11(12,13)14/h6-7H,3-5H2,1-2H3,(H,18,19). The van der Waals surface area contributed by atoms with E-state index in [1.165, 1.54) is 19.0 Å². The predicted octanol–water partition coefficient (Wildman–Crippen LogP) is 0.329. The quantitative estimate of drug-likeness (QED) is 0.796. The van der Waals surface area contributed by atoms with E-state index in [1.807, 2.05) is 0 Å². The second kappa shape index (κ2) is 5.68. The lowest BCUT2D eigenvalue weighted by Crippen LogP contribution is -2.56. The van der Waals surface area contributed by atoms with Crippen LogP contribution >= 0.6 is 0 Å². The van der Waals surface area contributed by atoms with Crippen LogP contribution in [0.25, 0.3) is 0 Å². The van der Waals surface area contributed by atoms with Crippen LogP contribution in [-0.2, 0) is 14.4 Å². The first-order valence-electron chi connectivity index (χ1n) is 5.87. The largest absolute Gasteiger partial charge is 0.480 e. The summed E-state index contributed by atoms with van der Waals surface area (Å²) in [4.78, 5) is 35.4. The van der Waals surface area contributed by atoms with Gasteiger partial charge in [-0.1, -0.05) is 0 Å². The highest BCUT2D eigenvalue weighted by Gasteiger charge is 2.49. The number of carbonyl (C=O) groups is 3. The van der Waals surface area contributed by atoms with Crippen molar-refractivity contribution < 1.29 is 32.7 Å². The molecule has 20 heavy (non-hydrogen) atoms. The Balaban J connectivity index is 2.97. The van der Waals surface area contributed by atoms with Gasteiger partial charge in [-0.3, -0.25) is 9.59 Å². The highest BCUT2D eigenvalue weighted by atomic mass is 19.4. The van der Waals surface area contributed by atoms with Crippen LogP contribution in [0.1, 0.15) is 12.8 Å². The van der Waals surface area contributed by atoms with Gasteiger partial charge >= 0.3 is 18.1 Å². The molecule has 0 saturated carbocycles. The van der Waals surface area contributed by atoms with Gasteiger partial charge in [0.05, 0.1) is 5.92 Å². The molecule has 0 aromatic heterocycles. The molecular weight excluding hydrogens is 281 g/mol. The van der Waals surface area contributed by atoms with Crippen LogP contribution < -0.4 is 0 Å². The number of carbonyl (C=O) groups excluding carboxylic acids is 2. The first kappa shape index (κ1) is 16.3. The summed E-state index contributed by atoms with van der Waals surface area (Å²) < 4.78 is 37.4. The van der Waals surface area contributed by atoms with Gasteiger partial charge in [-0.25, -0.2) is 4.79 Å². The van der Waals surface area contributed by atoms with Crippen LogP contribution in [-0.4, -0.2) is 65.5 Å². The number of hydrogen-bond donors (Lipinski definition) is 1. The minimum atomic E-state index is -5.16. The van der Waals surface area contributed by atoms with Crippen molar-refractivity contribution in [1.29, 1.82) is 0 Å². The summed E-state index contributed by atoms with van der Waals surface area (Å²) in [7, 11) is 2.89. The van der Waals surface area contributed by atoms with Gasteiger partial charge < -0.3 is 14.9 Å². The van der Waals surface area contributed by atoms with Gasteiger partial charge in [0.25, 0.3) is 0 Å². The zero-order chi connectivity index (χ0) is 15.7. The van der Waals surface area contributed by atoms with Crippen LogP contribution in [0.4, 0.5) is 13.2 Å². The Labute approximate surface area is 113 Å². The fourth-order valence-corrected chi connectivity index (χ4v) is 2.18. The number of alkyl halides is 3. The highest BCUT2D eigenvalue weighted by molar-refractivity contribution is 5.88. The third kappa shape index (κ3) is 3.40. The number of rotatable bonds is 2. The van der Waals surface area contributed by atoms with E-state index in [0.717, 1.165) is 0 Å². The fraction of sp³-hybridized carbons (Fsp3) is 0.727. The van der Waals surface area contributed by atoms with Gasteiger partial charge in [-0.2, -0.15) is 13.2 Å². The molecule has 0 radical (unpaired) electrons. The number of likely N-dealkylation sites (tertiary alicyclic amines) is 1. The summed E-state index contributed by atoms with van der Waals surface area (Å²) in [6.07, 6.45) is -5.20. The van der Waals surface area contributed by atoms with Crippen molar-refractivity contribution >= 4 is 17.8 Å². The molecule has 1 rings (SSSR count). The van der Waals surface area contributed by atoms with Gasteiger partial charge in [-0.15, -0.1) is 0 Å². The van der Waals surface area contributed by atoms with E-state index >= 15 is 0 Å². The Morgan fingerprint density at radius 2 is 1.75 bits per heavy atom. The lowest BCUT2D eigenvalue weighted by Gasteiger charge is -2.37. The maximum Gasteiger partial charge on any atom is 0.471 e. The smallest absolute Gasteiger partial charge is 0.471 e. The third-order valence-electron chi connectivity index (χ3n) is 3.16. The summed E-state index contributed by atoms with van der Waals surface area (Å²) in [5, 5.41) is 8.90. The molecule has 2 amide bonds. The Morgan fingerprint density at radius 1 is 1.20 bits per heavy atom. The maximum absolute atomic E-state index is 12.5. The van der Waals surface area contributed by atoms with Crippen molar-refractivity contribution in [2.45, 2.75) is 25.1 Å². The zero-order valence-corrected chi connectivity index (χ0v) is 11.0. The van der Waals surface area contributed by atoms with Crippen LogP contribution in [0.5, 0.6) is 0 Å². The van der Waals surface area contributed by atoms with E-state index in [1.54, 1.807) is 0 Å². The number of piperidine rings is 1. The summed E-state index contributed by atoms with van der Waals surface area (Å²) in [6.45, 7) is -0.535. The molecule has 1 heterocycles. The molecule has 1 fully saturated rings. The molecular formula is C11H15F3N2O4. The molecule has 2 unspecified atom stereocenters.